The standard InChI is InChI=1S/C20H15FN4O4S/c21-13-5-3-12(4-6-13)15-10-30-18-17(15)19(27)25(11-23-18)9-16(26)24-20(28)22-8-14-2-1-7-29-14/h1-7,10-11H,8-9H2,(H2,22,24,26,28). The fourth-order valence-corrected chi connectivity index (χ4v) is 3.77. The minimum Gasteiger partial charge on any atom is -0.467 e. The molecule has 0 spiro atoms. The molecular weight excluding hydrogens is 411 g/mol. The second-order valence-corrected chi connectivity index (χ2v) is 7.18. The van der Waals surface area contributed by atoms with Gasteiger partial charge >= 0.3 is 6.03 Å². The predicted molar refractivity (Wildman–Crippen MR) is 108 cm³/mol. The van der Waals surface area contributed by atoms with E-state index in [0.29, 0.717) is 27.1 Å². The molecule has 0 saturated carbocycles. The predicted octanol–water partition coefficient (Wildman–Crippen LogP) is 2.88. The second kappa shape index (κ2) is 8.29. The van der Waals surface area contributed by atoms with Crippen molar-refractivity contribution in [1.82, 2.24) is 20.2 Å². The summed E-state index contributed by atoms with van der Waals surface area (Å²) in [6.07, 6.45) is 2.73. The van der Waals surface area contributed by atoms with Gasteiger partial charge in [-0.2, -0.15) is 0 Å². The van der Waals surface area contributed by atoms with E-state index in [9.17, 15) is 18.8 Å². The summed E-state index contributed by atoms with van der Waals surface area (Å²) >= 11 is 1.28. The van der Waals surface area contributed by atoms with Crippen LogP contribution in [-0.4, -0.2) is 21.5 Å². The van der Waals surface area contributed by atoms with Crippen molar-refractivity contribution in [2.75, 3.05) is 0 Å². The molecule has 0 aliphatic heterocycles. The van der Waals surface area contributed by atoms with Gasteiger partial charge in [0.1, 0.15) is 23.0 Å². The highest BCUT2D eigenvalue weighted by Crippen LogP contribution is 2.30. The first-order valence-corrected chi connectivity index (χ1v) is 9.72. The molecule has 3 heterocycles. The Hall–Kier alpha value is -3.79. The minimum atomic E-state index is -0.707. The largest absolute Gasteiger partial charge is 0.467 e. The monoisotopic (exact) mass is 426 g/mol. The summed E-state index contributed by atoms with van der Waals surface area (Å²) in [5.41, 5.74) is 0.853. The van der Waals surface area contributed by atoms with Gasteiger partial charge in [0.25, 0.3) is 5.56 Å². The molecular formula is C20H15FN4O4S. The molecule has 0 bridgehead atoms. The van der Waals surface area contributed by atoms with E-state index in [1.807, 2.05) is 0 Å². The molecule has 0 aliphatic carbocycles. The number of aromatic nitrogens is 2. The molecule has 152 valence electrons. The van der Waals surface area contributed by atoms with Crippen molar-refractivity contribution in [1.29, 1.82) is 0 Å². The van der Waals surface area contributed by atoms with Gasteiger partial charge in [0.2, 0.25) is 5.91 Å². The van der Waals surface area contributed by atoms with Crippen LogP contribution in [0.15, 0.2) is 63.6 Å². The zero-order chi connectivity index (χ0) is 21.1. The Bertz CT molecular complexity index is 1260. The van der Waals surface area contributed by atoms with E-state index in [-0.39, 0.29) is 18.9 Å². The van der Waals surface area contributed by atoms with Gasteiger partial charge in [-0.25, -0.2) is 14.2 Å². The van der Waals surface area contributed by atoms with Crippen LogP contribution in [0.2, 0.25) is 0 Å². The van der Waals surface area contributed by atoms with Crippen LogP contribution in [0.25, 0.3) is 21.3 Å². The van der Waals surface area contributed by atoms with Crippen molar-refractivity contribution in [3.63, 3.8) is 0 Å². The van der Waals surface area contributed by atoms with Crippen LogP contribution in [0.3, 0.4) is 0 Å². The van der Waals surface area contributed by atoms with Crippen LogP contribution >= 0.6 is 11.3 Å². The molecule has 0 fully saturated rings. The zero-order valence-electron chi connectivity index (χ0n) is 15.4. The summed E-state index contributed by atoms with van der Waals surface area (Å²) in [4.78, 5) is 41.7. The van der Waals surface area contributed by atoms with E-state index in [4.69, 9.17) is 4.42 Å². The number of fused-ring (bicyclic) bond motifs is 1. The smallest absolute Gasteiger partial charge is 0.321 e. The Balaban J connectivity index is 1.50. The number of hydrogen-bond donors (Lipinski definition) is 2. The minimum absolute atomic E-state index is 0.121. The summed E-state index contributed by atoms with van der Waals surface area (Å²) in [6, 6.07) is 8.42. The number of hydrogen-bond acceptors (Lipinski definition) is 6. The summed E-state index contributed by atoms with van der Waals surface area (Å²) in [7, 11) is 0. The van der Waals surface area contributed by atoms with Crippen LogP contribution in [0.5, 0.6) is 0 Å². The Morgan fingerprint density at radius 3 is 2.73 bits per heavy atom. The van der Waals surface area contributed by atoms with E-state index in [0.717, 1.165) is 4.57 Å². The van der Waals surface area contributed by atoms with Crippen LogP contribution < -0.4 is 16.2 Å². The van der Waals surface area contributed by atoms with Crippen molar-refractivity contribution < 1.29 is 18.4 Å². The number of rotatable bonds is 5. The maximum atomic E-state index is 13.2. The number of amides is 3. The van der Waals surface area contributed by atoms with Gasteiger partial charge < -0.3 is 9.73 Å². The molecule has 0 saturated heterocycles. The maximum absolute atomic E-state index is 13.2. The topological polar surface area (TPSA) is 106 Å². The Labute approximate surface area is 173 Å². The quantitative estimate of drug-likeness (QED) is 0.510. The lowest BCUT2D eigenvalue weighted by Crippen LogP contribution is -2.41. The average Bonchev–Trinajstić information content (AvgIpc) is 3.39. The first kappa shape index (κ1) is 19.5. The highest BCUT2D eigenvalue weighted by Gasteiger charge is 2.16. The Morgan fingerprint density at radius 2 is 2.00 bits per heavy atom. The number of carbonyl (C=O) groups excluding carboxylic acids is 2. The zero-order valence-corrected chi connectivity index (χ0v) is 16.2. The van der Waals surface area contributed by atoms with E-state index in [1.165, 1.54) is 36.1 Å². The third-order valence-corrected chi connectivity index (χ3v) is 5.17. The molecule has 10 heteroatoms. The van der Waals surface area contributed by atoms with Crippen molar-refractivity contribution in [3.05, 3.63) is 76.3 Å². The SMILES string of the molecule is O=C(Cn1cnc2scc(-c3ccc(F)cc3)c2c1=O)NC(=O)NCc1ccco1. The third kappa shape index (κ3) is 4.13. The lowest BCUT2D eigenvalue weighted by molar-refractivity contribution is -0.120. The maximum Gasteiger partial charge on any atom is 0.321 e. The molecule has 1 aromatic carbocycles. The van der Waals surface area contributed by atoms with Gasteiger partial charge in [-0.3, -0.25) is 19.5 Å². The molecule has 2 N–H and O–H groups in total. The van der Waals surface area contributed by atoms with Gasteiger partial charge in [0.05, 0.1) is 24.5 Å². The number of urea groups is 1. The van der Waals surface area contributed by atoms with Crippen molar-refractivity contribution in [2.24, 2.45) is 0 Å². The number of furan rings is 1. The Kier molecular flexibility index (Phi) is 5.40. The van der Waals surface area contributed by atoms with E-state index in [1.54, 1.807) is 29.6 Å². The molecule has 3 aromatic heterocycles. The summed E-state index contributed by atoms with van der Waals surface area (Å²) in [6.45, 7) is -0.260. The molecule has 8 nitrogen and oxygen atoms in total. The summed E-state index contributed by atoms with van der Waals surface area (Å²) < 4.78 is 19.4. The first-order valence-electron chi connectivity index (χ1n) is 8.84. The highest BCUT2D eigenvalue weighted by atomic mass is 32.1. The number of nitrogens with one attached hydrogen (secondary N) is 2. The molecule has 0 radical (unpaired) electrons. The normalized spacial score (nSPS) is 10.8. The van der Waals surface area contributed by atoms with Gasteiger partial charge in [0, 0.05) is 10.9 Å². The molecule has 4 rings (SSSR count). The van der Waals surface area contributed by atoms with Crippen LogP contribution in [-0.2, 0) is 17.9 Å². The van der Waals surface area contributed by atoms with Crippen molar-refractivity contribution >= 4 is 33.5 Å². The fourth-order valence-electron chi connectivity index (χ4n) is 2.87. The molecule has 0 atom stereocenters. The number of thiophene rings is 1. The third-order valence-electron chi connectivity index (χ3n) is 4.29. The van der Waals surface area contributed by atoms with Gasteiger partial charge in [-0.1, -0.05) is 12.1 Å². The second-order valence-electron chi connectivity index (χ2n) is 6.32. The molecule has 4 aromatic rings. The first-order chi connectivity index (χ1) is 14.5. The van der Waals surface area contributed by atoms with Crippen LogP contribution in [0.1, 0.15) is 5.76 Å². The van der Waals surface area contributed by atoms with Gasteiger partial charge in [-0.15, -0.1) is 11.3 Å². The van der Waals surface area contributed by atoms with E-state index >= 15 is 0 Å². The van der Waals surface area contributed by atoms with Gasteiger partial charge in [-0.05, 0) is 29.8 Å². The Morgan fingerprint density at radius 1 is 1.20 bits per heavy atom. The highest BCUT2D eigenvalue weighted by molar-refractivity contribution is 7.17. The van der Waals surface area contributed by atoms with Crippen LogP contribution in [0, 0.1) is 5.82 Å². The van der Waals surface area contributed by atoms with Crippen LogP contribution in [0.4, 0.5) is 9.18 Å². The number of benzene rings is 1. The van der Waals surface area contributed by atoms with Crippen molar-refractivity contribution in [2.45, 2.75) is 13.1 Å². The van der Waals surface area contributed by atoms with Crippen molar-refractivity contribution in [3.8, 4) is 11.1 Å². The molecule has 0 unspecified atom stereocenters. The van der Waals surface area contributed by atoms with E-state index in [2.05, 4.69) is 15.6 Å². The molecule has 3 amide bonds. The number of halogens is 1. The van der Waals surface area contributed by atoms with Gasteiger partial charge in [0.15, 0.2) is 0 Å². The van der Waals surface area contributed by atoms with E-state index < -0.39 is 17.5 Å². The lowest BCUT2D eigenvalue weighted by atomic mass is 10.1. The summed E-state index contributed by atoms with van der Waals surface area (Å²) in [5, 5.41) is 6.74. The lowest BCUT2D eigenvalue weighted by Gasteiger charge is -2.08. The number of nitrogens with zero attached hydrogens (tertiary/aromatic N) is 2. The number of carbonyl (C=O) groups is 2. The average molecular weight is 426 g/mol. The fraction of sp³-hybridized carbons (Fsp3) is 0.100. The molecule has 30 heavy (non-hydrogen) atoms. The molecule has 0 aliphatic rings. The number of imide groups is 1. The summed E-state index contributed by atoms with van der Waals surface area (Å²) in [5.74, 6) is -0.515.